The van der Waals surface area contributed by atoms with Gasteiger partial charge < -0.3 is 5.11 Å². The van der Waals surface area contributed by atoms with Crippen molar-refractivity contribution in [3.8, 4) is 0 Å². The minimum atomic E-state index is -0.459. The van der Waals surface area contributed by atoms with Gasteiger partial charge in [-0.15, -0.1) is 0 Å². The van der Waals surface area contributed by atoms with Crippen LogP contribution >= 0.6 is 27.3 Å². The second-order valence-corrected chi connectivity index (χ2v) is 5.51. The van der Waals surface area contributed by atoms with Gasteiger partial charge in [0.2, 0.25) is 0 Å². The third kappa shape index (κ3) is 2.61. The van der Waals surface area contributed by atoms with Gasteiger partial charge in [0.15, 0.2) is 0 Å². The Hall–Kier alpha value is -0.650. The van der Waals surface area contributed by atoms with Crippen molar-refractivity contribution in [2.45, 2.75) is 32.9 Å². The lowest BCUT2D eigenvalue weighted by molar-refractivity contribution is 0.175. The Labute approximate surface area is 113 Å². The predicted octanol–water partition coefficient (Wildman–Crippen LogP) is 3.31. The van der Waals surface area contributed by atoms with Crippen LogP contribution in [0, 0.1) is 6.92 Å². The van der Waals surface area contributed by atoms with Gasteiger partial charge in [-0.1, -0.05) is 0 Å². The van der Waals surface area contributed by atoms with Crippen LogP contribution < -0.4 is 0 Å². The second-order valence-electron chi connectivity index (χ2n) is 3.94. The molecule has 0 aromatic carbocycles. The van der Waals surface area contributed by atoms with Gasteiger partial charge in [0.05, 0.1) is 22.0 Å². The maximum Gasteiger partial charge on any atom is 0.0853 e. The number of hydrogen-bond donors (Lipinski definition) is 1. The molecule has 1 N–H and O–H groups in total. The number of halogens is 1. The third-order valence-corrected chi connectivity index (χ3v) is 4.50. The number of rotatable bonds is 4. The van der Waals surface area contributed by atoms with Crippen LogP contribution in [-0.2, 0) is 13.0 Å². The summed E-state index contributed by atoms with van der Waals surface area (Å²) < 4.78 is 2.95. The summed E-state index contributed by atoms with van der Waals surface area (Å²) in [5, 5.41) is 18.6. The number of aryl methyl sites for hydroxylation is 2. The van der Waals surface area contributed by atoms with E-state index in [0.717, 1.165) is 28.0 Å². The fourth-order valence-corrected chi connectivity index (χ4v) is 2.98. The maximum atomic E-state index is 10.2. The molecule has 1 atom stereocenters. The van der Waals surface area contributed by atoms with E-state index >= 15 is 0 Å². The van der Waals surface area contributed by atoms with Crippen LogP contribution in [0.2, 0.25) is 0 Å². The molecule has 1 unspecified atom stereocenters. The molecule has 2 aromatic heterocycles. The summed E-state index contributed by atoms with van der Waals surface area (Å²) in [6.07, 6.45) is 0.130. The van der Waals surface area contributed by atoms with Crippen molar-refractivity contribution < 1.29 is 5.11 Å². The molecule has 2 heterocycles. The summed E-state index contributed by atoms with van der Waals surface area (Å²) >= 11 is 5.15. The SMILES string of the molecule is CCn1nc(C)c(Br)c1CC(O)c1ccsc1. The normalized spacial score (nSPS) is 12.9. The van der Waals surface area contributed by atoms with E-state index in [2.05, 4.69) is 28.0 Å². The molecule has 0 spiro atoms. The molecule has 92 valence electrons. The Bertz CT molecular complexity index is 493. The van der Waals surface area contributed by atoms with Crippen LogP contribution in [0.25, 0.3) is 0 Å². The molecule has 0 saturated carbocycles. The molecule has 5 heteroatoms. The van der Waals surface area contributed by atoms with Gasteiger partial charge in [0, 0.05) is 13.0 Å². The molecule has 0 radical (unpaired) electrons. The van der Waals surface area contributed by atoms with Crippen LogP contribution in [-0.4, -0.2) is 14.9 Å². The van der Waals surface area contributed by atoms with Crippen molar-refractivity contribution in [2.24, 2.45) is 0 Å². The summed E-state index contributed by atoms with van der Waals surface area (Å²) in [7, 11) is 0. The molecule has 0 saturated heterocycles. The highest BCUT2D eigenvalue weighted by molar-refractivity contribution is 9.10. The van der Waals surface area contributed by atoms with Crippen molar-refractivity contribution in [1.82, 2.24) is 9.78 Å². The smallest absolute Gasteiger partial charge is 0.0853 e. The number of nitrogens with zero attached hydrogens (tertiary/aromatic N) is 2. The van der Waals surface area contributed by atoms with E-state index in [9.17, 15) is 5.11 Å². The first kappa shape index (κ1) is 12.8. The summed E-state index contributed by atoms with van der Waals surface area (Å²) in [5.74, 6) is 0. The van der Waals surface area contributed by atoms with Gasteiger partial charge in [0.1, 0.15) is 0 Å². The minimum Gasteiger partial charge on any atom is -0.388 e. The Morgan fingerprint density at radius 3 is 2.94 bits per heavy atom. The monoisotopic (exact) mass is 314 g/mol. The maximum absolute atomic E-state index is 10.2. The molecule has 2 rings (SSSR count). The fourth-order valence-electron chi connectivity index (χ4n) is 1.83. The minimum absolute atomic E-state index is 0.459. The average molecular weight is 315 g/mol. The first-order chi connectivity index (χ1) is 8.13. The van der Waals surface area contributed by atoms with Gasteiger partial charge in [-0.3, -0.25) is 4.68 Å². The van der Waals surface area contributed by atoms with Gasteiger partial charge >= 0.3 is 0 Å². The van der Waals surface area contributed by atoms with Gasteiger partial charge in [0.25, 0.3) is 0 Å². The lowest BCUT2D eigenvalue weighted by Crippen LogP contribution is -2.08. The van der Waals surface area contributed by atoms with Crippen LogP contribution in [0.3, 0.4) is 0 Å². The van der Waals surface area contributed by atoms with Crippen molar-refractivity contribution in [3.63, 3.8) is 0 Å². The van der Waals surface area contributed by atoms with E-state index in [-0.39, 0.29) is 0 Å². The molecular formula is C12H15BrN2OS. The zero-order valence-electron chi connectivity index (χ0n) is 9.85. The molecule has 0 aliphatic heterocycles. The summed E-state index contributed by atoms with van der Waals surface area (Å²) in [6, 6.07) is 1.96. The molecule has 3 nitrogen and oxygen atoms in total. The molecule has 0 fully saturated rings. The number of hydrogen-bond acceptors (Lipinski definition) is 3. The quantitative estimate of drug-likeness (QED) is 0.940. The van der Waals surface area contributed by atoms with Crippen LogP contribution in [0.15, 0.2) is 21.3 Å². The largest absolute Gasteiger partial charge is 0.388 e. The van der Waals surface area contributed by atoms with E-state index in [1.807, 2.05) is 28.4 Å². The zero-order chi connectivity index (χ0) is 12.4. The third-order valence-electron chi connectivity index (χ3n) is 2.77. The lowest BCUT2D eigenvalue weighted by Gasteiger charge is -2.10. The molecule has 0 amide bonds. The number of aromatic nitrogens is 2. The topological polar surface area (TPSA) is 38.0 Å². The van der Waals surface area contributed by atoms with Crippen LogP contribution in [0.5, 0.6) is 0 Å². The average Bonchev–Trinajstić information content (AvgIpc) is 2.92. The first-order valence-corrected chi connectivity index (χ1v) is 7.29. The van der Waals surface area contributed by atoms with E-state index in [1.165, 1.54) is 0 Å². The van der Waals surface area contributed by atoms with E-state index in [1.54, 1.807) is 11.3 Å². The Kier molecular flexibility index (Phi) is 4.01. The molecule has 2 aromatic rings. The molecule has 17 heavy (non-hydrogen) atoms. The van der Waals surface area contributed by atoms with Crippen molar-refractivity contribution in [3.05, 3.63) is 38.3 Å². The number of thiophene rings is 1. The van der Waals surface area contributed by atoms with E-state index in [0.29, 0.717) is 6.42 Å². The highest BCUT2D eigenvalue weighted by Crippen LogP contribution is 2.27. The van der Waals surface area contributed by atoms with E-state index in [4.69, 9.17) is 0 Å². The molecule has 0 bridgehead atoms. The summed E-state index contributed by atoms with van der Waals surface area (Å²) in [6.45, 7) is 4.84. The fraction of sp³-hybridized carbons (Fsp3) is 0.417. The van der Waals surface area contributed by atoms with Crippen molar-refractivity contribution in [2.75, 3.05) is 0 Å². The van der Waals surface area contributed by atoms with Crippen molar-refractivity contribution >= 4 is 27.3 Å². The molecular weight excluding hydrogens is 300 g/mol. The van der Waals surface area contributed by atoms with Gasteiger partial charge in [-0.05, 0) is 52.2 Å². The van der Waals surface area contributed by atoms with Crippen LogP contribution in [0.4, 0.5) is 0 Å². The highest BCUT2D eigenvalue weighted by Gasteiger charge is 2.17. The number of aliphatic hydroxyl groups is 1. The Morgan fingerprint density at radius 2 is 2.35 bits per heavy atom. The number of aliphatic hydroxyl groups excluding tert-OH is 1. The Balaban J connectivity index is 2.24. The first-order valence-electron chi connectivity index (χ1n) is 5.55. The second kappa shape index (κ2) is 5.33. The molecule has 0 aliphatic rings. The summed E-state index contributed by atoms with van der Waals surface area (Å²) in [4.78, 5) is 0. The van der Waals surface area contributed by atoms with Crippen LogP contribution in [0.1, 0.15) is 30.0 Å². The van der Waals surface area contributed by atoms with E-state index < -0.39 is 6.10 Å². The Morgan fingerprint density at radius 1 is 1.59 bits per heavy atom. The summed E-state index contributed by atoms with van der Waals surface area (Å²) in [5.41, 5.74) is 3.01. The van der Waals surface area contributed by atoms with Gasteiger partial charge in [-0.2, -0.15) is 16.4 Å². The highest BCUT2D eigenvalue weighted by atomic mass is 79.9. The zero-order valence-corrected chi connectivity index (χ0v) is 12.3. The van der Waals surface area contributed by atoms with Crippen molar-refractivity contribution in [1.29, 1.82) is 0 Å². The predicted molar refractivity (Wildman–Crippen MR) is 73.3 cm³/mol. The van der Waals surface area contributed by atoms with Gasteiger partial charge in [-0.25, -0.2) is 0 Å². The molecule has 0 aliphatic carbocycles. The lowest BCUT2D eigenvalue weighted by atomic mass is 10.1. The standard InChI is InChI=1S/C12H15BrN2OS/c1-3-15-10(12(13)8(2)14-15)6-11(16)9-4-5-17-7-9/h4-5,7,11,16H,3,6H2,1-2H3.